The Morgan fingerprint density at radius 1 is 1.29 bits per heavy atom. The lowest BCUT2D eigenvalue weighted by Gasteiger charge is -2.07. The van der Waals surface area contributed by atoms with Gasteiger partial charge in [-0.3, -0.25) is 0 Å². The zero-order chi connectivity index (χ0) is 12.4. The first-order chi connectivity index (χ1) is 8.13. The number of halogens is 2. The predicted molar refractivity (Wildman–Crippen MR) is 70.8 cm³/mol. The molecule has 2 aromatic rings. The fourth-order valence-corrected chi connectivity index (χ4v) is 2.11. The molecule has 90 valence electrons. The molecule has 3 nitrogen and oxygen atoms in total. The van der Waals surface area contributed by atoms with Crippen LogP contribution < -0.4 is 5.32 Å². The Hall–Kier alpha value is -1.03. The highest BCUT2D eigenvalue weighted by Crippen LogP contribution is 2.36. The Morgan fingerprint density at radius 3 is 2.76 bits per heavy atom. The molecule has 1 aromatic heterocycles. The standard InChI is InChI=1S/C12H12Cl2N2O/c1-2-15-6-7-3-4-8-9(13)5-10(14)12(17)11(8)16-7/h3-5,15,17H,2,6H2,1H3. The van der Waals surface area contributed by atoms with Gasteiger partial charge >= 0.3 is 0 Å². The van der Waals surface area contributed by atoms with Crippen LogP contribution in [0.25, 0.3) is 10.9 Å². The van der Waals surface area contributed by atoms with Crippen molar-refractivity contribution >= 4 is 34.1 Å². The number of benzene rings is 1. The average molecular weight is 271 g/mol. The zero-order valence-corrected chi connectivity index (χ0v) is 10.8. The van der Waals surface area contributed by atoms with Crippen molar-refractivity contribution in [3.63, 3.8) is 0 Å². The summed E-state index contributed by atoms with van der Waals surface area (Å²) in [7, 11) is 0. The SMILES string of the molecule is CCNCc1ccc2c(Cl)cc(Cl)c(O)c2n1. The monoisotopic (exact) mass is 270 g/mol. The van der Waals surface area contributed by atoms with Crippen LogP contribution in [-0.2, 0) is 6.54 Å². The largest absolute Gasteiger partial charge is 0.504 e. The highest BCUT2D eigenvalue weighted by Gasteiger charge is 2.10. The van der Waals surface area contributed by atoms with E-state index in [2.05, 4.69) is 10.3 Å². The summed E-state index contributed by atoms with van der Waals surface area (Å²) in [5, 5.41) is 14.4. The smallest absolute Gasteiger partial charge is 0.160 e. The van der Waals surface area contributed by atoms with Crippen molar-refractivity contribution in [2.24, 2.45) is 0 Å². The lowest BCUT2D eigenvalue weighted by molar-refractivity contribution is 0.480. The molecule has 0 aliphatic carbocycles. The fraction of sp³-hybridized carbons (Fsp3) is 0.250. The summed E-state index contributed by atoms with van der Waals surface area (Å²) < 4.78 is 0. The van der Waals surface area contributed by atoms with Crippen LogP contribution in [0.15, 0.2) is 18.2 Å². The summed E-state index contributed by atoms with van der Waals surface area (Å²) in [5.74, 6) is -0.0237. The number of aromatic nitrogens is 1. The first kappa shape index (κ1) is 12.4. The van der Waals surface area contributed by atoms with Gasteiger partial charge in [0.2, 0.25) is 0 Å². The second kappa shape index (κ2) is 5.08. The summed E-state index contributed by atoms with van der Waals surface area (Å²) in [6.07, 6.45) is 0. The van der Waals surface area contributed by atoms with Crippen LogP contribution >= 0.6 is 23.2 Å². The summed E-state index contributed by atoms with van der Waals surface area (Å²) in [6, 6.07) is 5.24. The lowest BCUT2D eigenvalue weighted by atomic mass is 10.2. The molecule has 0 saturated carbocycles. The van der Waals surface area contributed by atoms with Gasteiger partial charge in [-0.15, -0.1) is 0 Å². The Kier molecular flexibility index (Phi) is 3.72. The topological polar surface area (TPSA) is 45.1 Å². The van der Waals surface area contributed by atoms with E-state index in [1.54, 1.807) is 0 Å². The fourth-order valence-electron chi connectivity index (χ4n) is 1.59. The van der Waals surface area contributed by atoms with E-state index in [0.717, 1.165) is 12.2 Å². The van der Waals surface area contributed by atoms with E-state index in [1.807, 2.05) is 19.1 Å². The van der Waals surface area contributed by atoms with Gasteiger partial charge in [-0.1, -0.05) is 30.1 Å². The van der Waals surface area contributed by atoms with Crippen LogP contribution in [0.2, 0.25) is 10.0 Å². The lowest BCUT2D eigenvalue weighted by Crippen LogP contribution is -2.12. The first-order valence-electron chi connectivity index (χ1n) is 5.30. The molecule has 0 radical (unpaired) electrons. The van der Waals surface area contributed by atoms with Crippen molar-refractivity contribution in [2.45, 2.75) is 13.5 Å². The molecule has 0 saturated heterocycles. The van der Waals surface area contributed by atoms with Crippen molar-refractivity contribution in [2.75, 3.05) is 6.54 Å². The van der Waals surface area contributed by atoms with Gasteiger partial charge < -0.3 is 10.4 Å². The number of fused-ring (bicyclic) bond motifs is 1. The Balaban J connectivity index is 2.55. The van der Waals surface area contributed by atoms with Crippen molar-refractivity contribution in [1.29, 1.82) is 0 Å². The molecule has 0 aliphatic rings. The van der Waals surface area contributed by atoms with Crippen molar-refractivity contribution in [3.05, 3.63) is 33.9 Å². The highest BCUT2D eigenvalue weighted by molar-refractivity contribution is 6.39. The van der Waals surface area contributed by atoms with E-state index >= 15 is 0 Å². The minimum atomic E-state index is -0.0237. The Bertz CT molecular complexity index is 558. The van der Waals surface area contributed by atoms with Gasteiger partial charge in [0, 0.05) is 11.9 Å². The molecule has 0 bridgehead atoms. The molecule has 0 spiro atoms. The summed E-state index contributed by atoms with van der Waals surface area (Å²) in [5.41, 5.74) is 1.28. The van der Waals surface area contributed by atoms with E-state index in [1.165, 1.54) is 6.07 Å². The van der Waals surface area contributed by atoms with Crippen molar-refractivity contribution < 1.29 is 5.11 Å². The third kappa shape index (κ3) is 2.46. The number of phenolic OH excluding ortho intramolecular Hbond substituents is 1. The summed E-state index contributed by atoms with van der Waals surface area (Å²) in [4.78, 5) is 4.35. The van der Waals surface area contributed by atoms with Crippen LogP contribution in [0.5, 0.6) is 5.75 Å². The van der Waals surface area contributed by atoms with E-state index in [-0.39, 0.29) is 10.8 Å². The normalized spacial score (nSPS) is 11.0. The molecule has 2 N–H and O–H groups in total. The quantitative estimate of drug-likeness (QED) is 0.899. The predicted octanol–water partition coefficient (Wildman–Crippen LogP) is 3.36. The molecule has 2 rings (SSSR count). The van der Waals surface area contributed by atoms with Crippen LogP contribution in [-0.4, -0.2) is 16.6 Å². The van der Waals surface area contributed by atoms with Crippen LogP contribution in [0.3, 0.4) is 0 Å². The molecule has 0 aliphatic heterocycles. The van der Waals surface area contributed by atoms with Crippen LogP contribution in [0, 0.1) is 0 Å². The summed E-state index contributed by atoms with van der Waals surface area (Å²) >= 11 is 11.9. The van der Waals surface area contributed by atoms with Crippen molar-refractivity contribution in [1.82, 2.24) is 10.3 Å². The third-order valence-corrected chi connectivity index (χ3v) is 3.07. The molecule has 17 heavy (non-hydrogen) atoms. The number of pyridine rings is 1. The number of hydrogen-bond donors (Lipinski definition) is 2. The molecule has 0 unspecified atom stereocenters. The van der Waals surface area contributed by atoms with Gasteiger partial charge in [-0.2, -0.15) is 0 Å². The maximum atomic E-state index is 9.86. The van der Waals surface area contributed by atoms with E-state index in [0.29, 0.717) is 22.5 Å². The Morgan fingerprint density at radius 2 is 2.06 bits per heavy atom. The van der Waals surface area contributed by atoms with Gasteiger partial charge in [-0.05, 0) is 24.7 Å². The van der Waals surface area contributed by atoms with Gasteiger partial charge in [0.05, 0.1) is 15.7 Å². The van der Waals surface area contributed by atoms with Gasteiger partial charge in [-0.25, -0.2) is 4.98 Å². The second-order valence-electron chi connectivity index (χ2n) is 3.67. The van der Waals surface area contributed by atoms with E-state index in [4.69, 9.17) is 23.2 Å². The van der Waals surface area contributed by atoms with Gasteiger partial charge in [0.1, 0.15) is 5.52 Å². The van der Waals surface area contributed by atoms with Gasteiger partial charge in [0.15, 0.2) is 5.75 Å². The molecule has 0 atom stereocenters. The van der Waals surface area contributed by atoms with E-state index < -0.39 is 0 Å². The molecular weight excluding hydrogens is 259 g/mol. The highest BCUT2D eigenvalue weighted by atomic mass is 35.5. The van der Waals surface area contributed by atoms with Gasteiger partial charge in [0.25, 0.3) is 0 Å². The molecule has 0 amide bonds. The maximum absolute atomic E-state index is 9.86. The maximum Gasteiger partial charge on any atom is 0.160 e. The third-order valence-electron chi connectivity index (χ3n) is 2.47. The average Bonchev–Trinajstić information content (AvgIpc) is 2.33. The molecule has 0 fully saturated rings. The second-order valence-corrected chi connectivity index (χ2v) is 4.48. The van der Waals surface area contributed by atoms with Crippen LogP contribution in [0.4, 0.5) is 0 Å². The number of nitrogens with zero attached hydrogens (tertiary/aromatic N) is 1. The minimum absolute atomic E-state index is 0.0237. The summed E-state index contributed by atoms with van der Waals surface area (Å²) in [6.45, 7) is 3.53. The number of rotatable bonds is 3. The van der Waals surface area contributed by atoms with E-state index in [9.17, 15) is 5.11 Å². The number of nitrogens with one attached hydrogen (secondary N) is 1. The van der Waals surface area contributed by atoms with Crippen molar-refractivity contribution in [3.8, 4) is 5.75 Å². The minimum Gasteiger partial charge on any atom is -0.504 e. The number of hydrogen-bond acceptors (Lipinski definition) is 3. The first-order valence-corrected chi connectivity index (χ1v) is 6.06. The number of aromatic hydroxyl groups is 1. The molecule has 5 heteroatoms. The number of phenols is 1. The van der Waals surface area contributed by atoms with Crippen LogP contribution in [0.1, 0.15) is 12.6 Å². The molecule has 1 heterocycles. The molecular formula is C12H12Cl2N2O. The molecule has 1 aromatic carbocycles. The zero-order valence-electron chi connectivity index (χ0n) is 9.30. The Labute approximate surface area is 109 Å².